The van der Waals surface area contributed by atoms with Gasteiger partial charge in [0.15, 0.2) is 0 Å². The third-order valence-electron chi connectivity index (χ3n) is 4.43. The third-order valence-corrected chi connectivity index (χ3v) is 6.01. The molecule has 21 heavy (non-hydrogen) atoms. The fraction of sp³-hybridized carbons (Fsp3) is 0.625. The Morgan fingerprint density at radius 1 is 1.33 bits per heavy atom. The van der Waals surface area contributed by atoms with Gasteiger partial charge in [-0.15, -0.1) is 0 Å². The van der Waals surface area contributed by atoms with Crippen LogP contribution in [0, 0.1) is 19.3 Å². The monoisotopic (exact) mass is 310 g/mol. The van der Waals surface area contributed by atoms with E-state index in [9.17, 15) is 8.42 Å². The summed E-state index contributed by atoms with van der Waals surface area (Å²) in [7, 11) is -3.45. The summed E-state index contributed by atoms with van der Waals surface area (Å²) >= 11 is 0. The van der Waals surface area contributed by atoms with Gasteiger partial charge in [-0.1, -0.05) is 31.5 Å². The van der Waals surface area contributed by atoms with Gasteiger partial charge in [0.2, 0.25) is 10.0 Å². The highest BCUT2D eigenvalue weighted by Crippen LogP contribution is 2.30. The van der Waals surface area contributed by atoms with Gasteiger partial charge in [0.1, 0.15) is 0 Å². The fourth-order valence-electron chi connectivity index (χ4n) is 2.99. The second-order valence-electron chi connectivity index (χ2n) is 6.72. The maximum absolute atomic E-state index is 12.5. The second-order valence-corrected chi connectivity index (χ2v) is 8.46. The Morgan fingerprint density at radius 3 is 2.67 bits per heavy atom. The molecule has 0 aromatic heterocycles. The Balaban J connectivity index is 2.11. The molecule has 1 aliphatic rings. The highest BCUT2D eigenvalue weighted by atomic mass is 32.2. The first-order chi connectivity index (χ1) is 9.72. The summed E-state index contributed by atoms with van der Waals surface area (Å²) in [5, 5.41) is 3.43. The lowest BCUT2D eigenvalue weighted by molar-refractivity contribution is 0.181. The summed E-state index contributed by atoms with van der Waals surface area (Å²) in [6.07, 6.45) is 2.27. The molecule has 2 rings (SSSR count). The van der Waals surface area contributed by atoms with E-state index < -0.39 is 10.0 Å². The Bertz CT molecular complexity index is 609. The molecule has 4 nitrogen and oxygen atoms in total. The fourth-order valence-corrected chi connectivity index (χ4v) is 4.26. The van der Waals surface area contributed by atoms with E-state index in [1.807, 2.05) is 26.0 Å². The van der Waals surface area contributed by atoms with E-state index in [-0.39, 0.29) is 11.5 Å². The summed E-state index contributed by atoms with van der Waals surface area (Å²) < 4.78 is 27.7. The summed E-state index contributed by atoms with van der Waals surface area (Å²) in [5.41, 5.74) is 1.98. The van der Waals surface area contributed by atoms with Crippen LogP contribution >= 0.6 is 0 Å². The van der Waals surface area contributed by atoms with Crippen molar-refractivity contribution in [3.63, 3.8) is 0 Å². The summed E-state index contributed by atoms with van der Waals surface area (Å²) in [4.78, 5) is 0.377. The van der Waals surface area contributed by atoms with Crippen LogP contribution in [0.2, 0.25) is 0 Å². The number of hydrogen-bond donors (Lipinski definition) is 2. The second kappa shape index (κ2) is 6.07. The predicted octanol–water partition coefficient (Wildman–Crippen LogP) is 2.36. The average molecular weight is 310 g/mol. The molecule has 118 valence electrons. The van der Waals surface area contributed by atoms with E-state index in [0.29, 0.717) is 11.4 Å². The van der Waals surface area contributed by atoms with Crippen molar-refractivity contribution in [3.05, 3.63) is 29.3 Å². The summed E-state index contributed by atoms with van der Waals surface area (Å²) in [6, 6.07) is 5.60. The van der Waals surface area contributed by atoms with Crippen LogP contribution in [0.25, 0.3) is 0 Å². The van der Waals surface area contributed by atoms with Crippen molar-refractivity contribution in [2.45, 2.75) is 51.5 Å². The molecule has 1 saturated heterocycles. The van der Waals surface area contributed by atoms with Crippen LogP contribution < -0.4 is 10.0 Å². The molecular formula is C16H26N2O2S. The van der Waals surface area contributed by atoms with E-state index in [4.69, 9.17) is 0 Å². The molecule has 1 aliphatic heterocycles. The quantitative estimate of drug-likeness (QED) is 0.897. The lowest BCUT2D eigenvalue weighted by Gasteiger charge is -2.39. The van der Waals surface area contributed by atoms with Crippen LogP contribution in [-0.2, 0) is 10.0 Å². The molecule has 1 unspecified atom stereocenters. The molecule has 0 radical (unpaired) electrons. The summed E-state index contributed by atoms with van der Waals surface area (Å²) in [6.45, 7) is 9.57. The molecule has 5 heteroatoms. The zero-order valence-corrected chi connectivity index (χ0v) is 14.2. The molecule has 0 saturated carbocycles. The topological polar surface area (TPSA) is 58.2 Å². The van der Waals surface area contributed by atoms with E-state index >= 15 is 0 Å². The van der Waals surface area contributed by atoms with Crippen molar-refractivity contribution in [2.75, 3.05) is 13.1 Å². The molecule has 0 bridgehead atoms. The van der Waals surface area contributed by atoms with Gasteiger partial charge in [-0.3, -0.25) is 0 Å². The minimum atomic E-state index is -3.45. The smallest absolute Gasteiger partial charge is 0.240 e. The lowest BCUT2D eigenvalue weighted by Crippen LogP contribution is -2.52. The van der Waals surface area contributed by atoms with E-state index in [1.54, 1.807) is 6.07 Å². The lowest BCUT2D eigenvalue weighted by atomic mass is 9.78. The van der Waals surface area contributed by atoms with Crippen molar-refractivity contribution < 1.29 is 8.42 Å². The SMILES string of the molecule is Cc1ccc(S(=O)(=O)NCC2NCCCC2(C)C)c(C)c1. The van der Waals surface area contributed by atoms with Crippen molar-refractivity contribution in [3.8, 4) is 0 Å². The van der Waals surface area contributed by atoms with Gasteiger partial charge >= 0.3 is 0 Å². The van der Waals surface area contributed by atoms with Crippen molar-refractivity contribution >= 4 is 10.0 Å². The van der Waals surface area contributed by atoms with E-state index in [2.05, 4.69) is 23.9 Å². The van der Waals surface area contributed by atoms with Gasteiger partial charge in [0, 0.05) is 12.6 Å². The number of benzene rings is 1. The molecule has 1 heterocycles. The maximum Gasteiger partial charge on any atom is 0.240 e. The zero-order chi connectivity index (χ0) is 15.7. The normalized spacial score (nSPS) is 22.2. The molecule has 0 spiro atoms. The molecule has 1 fully saturated rings. The van der Waals surface area contributed by atoms with Crippen LogP contribution in [-0.4, -0.2) is 27.5 Å². The van der Waals surface area contributed by atoms with Crippen LogP contribution in [0.15, 0.2) is 23.1 Å². The first-order valence-corrected chi connectivity index (χ1v) is 9.01. The largest absolute Gasteiger partial charge is 0.312 e. The van der Waals surface area contributed by atoms with Crippen LogP contribution in [0.4, 0.5) is 0 Å². The zero-order valence-electron chi connectivity index (χ0n) is 13.4. The van der Waals surface area contributed by atoms with Crippen molar-refractivity contribution in [2.24, 2.45) is 5.41 Å². The Morgan fingerprint density at radius 2 is 2.05 bits per heavy atom. The molecule has 2 N–H and O–H groups in total. The van der Waals surface area contributed by atoms with Crippen LogP contribution in [0.1, 0.15) is 37.8 Å². The Hall–Kier alpha value is -0.910. The number of aryl methyl sites for hydroxylation is 2. The number of rotatable bonds is 4. The highest BCUT2D eigenvalue weighted by Gasteiger charge is 2.32. The minimum Gasteiger partial charge on any atom is -0.312 e. The van der Waals surface area contributed by atoms with Gasteiger partial charge in [-0.2, -0.15) is 0 Å². The number of nitrogens with one attached hydrogen (secondary N) is 2. The number of hydrogen-bond acceptors (Lipinski definition) is 3. The average Bonchev–Trinajstić information content (AvgIpc) is 2.36. The standard InChI is InChI=1S/C16H26N2O2S/c1-12-6-7-14(13(2)10-12)21(19,20)18-11-15-16(3,4)8-5-9-17-15/h6-7,10,15,17-18H,5,8-9,11H2,1-4H3. The number of piperidine rings is 1. The molecule has 1 aromatic rings. The van der Waals surface area contributed by atoms with Gasteiger partial charge in [-0.25, -0.2) is 13.1 Å². The van der Waals surface area contributed by atoms with Crippen molar-refractivity contribution in [1.82, 2.24) is 10.0 Å². The predicted molar refractivity (Wildman–Crippen MR) is 85.9 cm³/mol. The first kappa shape index (κ1) is 16.5. The highest BCUT2D eigenvalue weighted by molar-refractivity contribution is 7.89. The van der Waals surface area contributed by atoms with Gasteiger partial charge in [-0.05, 0) is 50.3 Å². The number of sulfonamides is 1. The van der Waals surface area contributed by atoms with Gasteiger partial charge in [0.05, 0.1) is 4.90 Å². The molecule has 1 aromatic carbocycles. The Labute approximate surface area is 128 Å². The van der Waals surface area contributed by atoms with Crippen LogP contribution in [0.5, 0.6) is 0 Å². The Kier molecular flexibility index (Phi) is 4.76. The third kappa shape index (κ3) is 3.84. The minimum absolute atomic E-state index is 0.114. The first-order valence-electron chi connectivity index (χ1n) is 7.53. The molecule has 1 atom stereocenters. The van der Waals surface area contributed by atoms with E-state index in [0.717, 1.165) is 30.5 Å². The molecular weight excluding hydrogens is 284 g/mol. The van der Waals surface area contributed by atoms with Gasteiger partial charge < -0.3 is 5.32 Å². The van der Waals surface area contributed by atoms with Gasteiger partial charge in [0.25, 0.3) is 0 Å². The summed E-state index contributed by atoms with van der Waals surface area (Å²) in [5.74, 6) is 0. The maximum atomic E-state index is 12.5. The van der Waals surface area contributed by atoms with Crippen molar-refractivity contribution in [1.29, 1.82) is 0 Å². The molecule has 0 amide bonds. The van der Waals surface area contributed by atoms with E-state index in [1.165, 1.54) is 0 Å². The molecule has 0 aliphatic carbocycles. The van der Waals surface area contributed by atoms with Crippen LogP contribution in [0.3, 0.4) is 0 Å².